The van der Waals surface area contributed by atoms with Crippen molar-refractivity contribution in [2.24, 2.45) is 0 Å². The van der Waals surface area contributed by atoms with E-state index in [1.54, 1.807) is 0 Å². The fraction of sp³-hybridized carbons (Fsp3) is 0. The first-order chi connectivity index (χ1) is 0. The molecule has 0 aromatic rings. The van der Waals surface area contributed by atoms with Gasteiger partial charge in [-0.05, 0) is 0 Å². The zero-order chi connectivity index (χ0) is 0. The molecule has 0 unspecified atom stereocenters. The minimum absolute atomic E-state index is 0. The van der Waals surface area contributed by atoms with Gasteiger partial charge in [0.25, 0.3) is 0 Å². The van der Waals surface area contributed by atoms with Gasteiger partial charge in [0, 0.05) is 0 Å². The number of rotatable bonds is 0. The Bertz CT molecular complexity index is 10.9. The molecule has 0 spiro atoms. The summed E-state index contributed by atoms with van der Waals surface area (Å²) in [7, 11) is 0. The van der Waals surface area contributed by atoms with Crippen LogP contribution in [0.25, 0.3) is 0 Å². The van der Waals surface area contributed by atoms with E-state index in [1.165, 1.54) is 0 Å². The molecule has 0 saturated carbocycles. The SMILES string of the molecule is [Cl-].[Cl-].[Pb+2].[Pb+2].[Pb+2].[S-2].[S-2]. The molecule has 0 amide bonds. The van der Waals surface area contributed by atoms with Gasteiger partial charge in [-0.15, -0.1) is 0 Å². The Kier molecular flexibility index (Phi) is 488. The van der Waals surface area contributed by atoms with E-state index in [-0.39, 0.29) is 134 Å². The van der Waals surface area contributed by atoms with Crippen LogP contribution in [0.15, 0.2) is 0 Å². The summed E-state index contributed by atoms with van der Waals surface area (Å²) in [6, 6.07) is 0. The second-order valence-corrected chi connectivity index (χ2v) is 0. The van der Waals surface area contributed by atoms with Gasteiger partial charge in [0.05, 0.1) is 0 Å². The minimum Gasteiger partial charge on any atom is -2.00 e. The Morgan fingerprint density at radius 2 is 0.429 bits per heavy atom. The molecule has 0 aromatic carbocycles. The van der Waals surface area contributed by atoms with Gasteiger partial charge < -0.3 is 51.8 Å². The molecule has 0 aliphatic carbocycles. The van der Waals surface area contributed by atoms with Crippen molar-refractivity contribution >= 4 is 109 Å². The summed E-state index contributed by atoms with van der Waals surface area (Å²) in [6.45, 7) is 0. The second kappa shape index (κ2) is 50.2. The van der Waals surface area contributed by atoms with E-state index in [9.17, 15) is 0 Å². The third-order valence-corrected chi connectivity index (χ3v) is 0. The van der Waals surface area contributed by atoms with Crippen LogP contribution in [0.1, 0.15) is 0 Å². The van der Waals surface area contributed by atoms with Crippen LogP contribution in [-0.2, 0) is 27.0 Å². The van der Waals surface area contributed by atoms with Crippen LogP contribution in [0, 0.1) is 0 Å². The first-order valence-corrected chi connectivity index (χ1v) is 0. The molecule has 0 aromatic heterocycles. The standard InChI is InChI=1S/2ClH.3Pb.2S/h2*1H;;;;;/q;;3*+2;2*-2/p-2. The molecule has 0 heterocycles. The summed E-state index contributed by atoms with van der Waals surface area (Å²) in [4.78, 5) is 0. The summed E-state index contributed by atoms with van der Waals surface area (Å²) >= 11 is 0. The zero-order valence-corrected chi connectivity index (χ0v) is 17.9. The molecule has 0 rings (SSSR count). The van der Waals surface area contributed by atoms with E-state index in [4.69, 9.17) is 0 Å². The number of hydrogen-bond donors (Lipinski definition) is 0. The smallest absolute Gasteiger partial charge is 2.00 e. The van der Waals surface area contributed by atoms with E-state index < -0.39 is 0 Å². The van der Waals surface area contributed by atoms with E-state index in [1.807, 2.05) is 0 Å². The van der Waals surface area contributed by atoms with Crippen LogP contribution in [-0.4, -0.2) is 81.9 Å². The zero-order valence-electron chi connectivity index (χ0n) is 3.07. The van der Waals surface area contributed by atoms with E-state index in [0.717, 1.165) is 0 Å². The second-order valence-electron chi connectivity index (χ2n) is 0. The molecule has 38 valence electrons. The van der Waals surface area contributed by atoms with Crippen molar-refractivity contribution < 1.29 is 24.8 Å². The summed E-state index contributed by atoms with van der Waals surface area (Å²) in [5.74, 6) is 0. The van der Waals surface area contributed by atoms with Crippen molar-refractivity contribution in [3.63, 3.8) is 0 Å². The van der Waals surface area contributed by atoms with E-state index >= 15 is 0 Å². The van der Waals surface area contributed by atoms with Crippen molar-refractivity contribution in [2.45, 2.75) is 0 Å². The molecule has 0 bridgehead atoms. The van der Waals surface area contributed by atoms with Gasteiger partial charge in [-0.1, -0.05) is 0 Å². The van der Waals surface area contributed by atoms with Crippen LogP contribution in [0.5, 0.6) is 0 Å². The third kappa shape index (κ3) is 39.7. The predicted molar refractivity (Wildman–Crippen MR) is 32.0 cm³/mol. The van der Waals surface area contributed by atoms with Crippen molar-refractivity contribution in [1.82, 2.24) is 0 Å². The summed E-state index contributed by atoms with van der Waals surface area (Å²) < 4.78 is 0. The average molecular weight is 757 g/mol. The van der Waals surface area contributed by atoms with Gasteiger partial charge in [0.15, 0.2) is 0 Å². The first kappa shape index (κ1) is 68.1. The third-order valence-electron chi connectivity index (χ3n) is 0. The number of hydrogen-bond acceptors (Lipinski definition) is 0. The van der Waals surface area contributed by atoms with Crippen molar-refractivity contribution in [3.8, 4) is 0 Å². The molecule has 7 heteroatoms. The maximum absolute atomic E-state index is 0. The molecule has 0 fully saturated rings. The van der Waals surface area contributed by atoms with Crippen molar-refractivity contribution in [2.75, 3.05) is 0 Å². The molecular weight excluding hydrogens is 757 g/mol. The summed E-state index contributed by atoms with van der Waals surface area (Å²) in [5.41, 5.74) is 0. The maximum atomic E-state index is 0. The molecule has 0 nitrogen and oxygen atoms in total. The van der Waals surface area contributed by atoms with Gasteiger partial charge in [0.2, 0.25) is 0 Å². The Hall–Kier alpha value is 4.05. The Balaban J connectivity index is 0. The maximum Gasteiger partial charge on any atom is 2.00 e. The fourth-order valence-corrected chi connectivity index (χ4v) is 0. The van der Waals surface area contributed by atoms with Gasteiger partial charge in [-0.2, -0.15) is 0 Å². The van der Waals surface area contributed by atoms with Gasteiger partial charge >= 0.3 is 81.9 Å². The monoisotopic (exact) mass is 758 g/mol. The minimum atomic E-state index is 0. The molecule has 0 N–H and O–H groups in total. The largest absolute Gasteiger partial charge is 2.00 e. The molecule has 7 heavy (non-hydrogen) atoms. The quantitative estimate of drug-likeness (QED) is 0.216. The fourth-order valence-electron chi connectivity index (χ4n) is 0. The van der Waals surface area contributed by atoms with Crippen molar-refractivity contribution in [1.29, 1.82) is 0 Å². The van der Waals surface area contributed by atoms with Crippen LogP contribution >= 0.6 is 0 Å². The van der Waals surface area contributed by atoms with Crippen LogP contribution < -0.4 is 24.8 Å². The summed E-state index contributed by atoms with van der Waals surface area (Å²) in [5, 5.41) is 0. The Morgan fingerprint density at radius 3 is 0.429 bits per heavy atom. The van der Waals surface area contributed by atoms with Crippen LogP contribution in [0.3, 0.4) is 0 Å². The van der Waals surface area contributed by atoms with E-state index in [0.29, 0.717) is 0 Å². The molecule has 0 aliphatic heterocycles. The first-order valence-electron chi connectivity index (χ1n) is 0. The molecule has 0 saturated heterocycles. The van der Waals surface area contributed by atoms with Gasteiger partial charge in [0.1, 0.15) is 0 Å². The van der Waals surface area contributed by atoms with Crippen LogP contribution in [0.2, 0.25) is 0 Å². The predicted octanol–water partition coefficient (Wildman–Crippen LogP) is -7.14. The molecule has 0 atom stereocenters. The van der Waals surface area contributed by atoms with Crippen LogP contribution in [0.4, 0.5) is 0 Å². The molecule has 6 radical (unpaired) electrons. The van der Waals surface area contributed by atoms with E-state index in [2.05, 4.69) is 0 Å². The number of halogens is 2. The molecule has 0 aliphatic rings. The van der Waals surface area contributed by atoms with Gasteiger partial charge in [-0.3, -0.25) is 0 Å². The average Bonchev–Trinajstić information content (AvgIpc) is 0. The Labute approximate surface area is 131 Å². The Morgan fingerprint density at radius 1 is 0.429 bits per heavy atom. The van der Waals surface area contributed by atoms with Crippen molar-refractivity contribution in [3.05, 3.63) is 0 Å². The molecular formula is Cl2Pb3S2. The normalized spacial score (nSPS) is 0. The van der Waals surface area contributed by atoms with Gasteiger partial charge in [-0.25, -0.2) is 0 Å². The summed E-state index contributed by atoms with van der Waals surface area (Å²) in [6.07, 6.45) is 0. The topological polar surface area (TPSA) is 0 Å².